The minimum Gasteiger partial charge on any atom is -0.462 e. The molecule has 13 unspecified atom stereocenters. The van der Waals surface area contributed by atoms with Crippen LogP contribution in [0, 0.1) is 53.3 Å². The number of hydrogen-bond acceptors (Lipinski definition) is 9. The fraction of sp³-hybridized carbons (Fsp3) is 0.826. The predicted octanol–water partition coefficient (Wildman–Crippen LogP) is 5.59. The van der Waals surface area contributed by atoms with Crippen LogP contribution < -0.4 is 10.6 Å². The molecule has 0 aromatic carbocycles. The minimum atomic E-state index is -0.453. The van der Waals surface area contributed by atoms with Gasteiger partial charge in [-0.2, -0.15) is 0 Å². The monoisotopic (exact) mass is 780 g/mol. The first-order valence-electron chi connectivity index (χ1n) is 22.5. The zero-order chi connectivity index (χ0) is 39.4. The van der Waals surface area contributed by atoms with E-state index in [-0.39, 0.29) is 66.7 Å². The standard InChI is InChI=1S/C46H72N3O7/c1-4-31-13-15-42(55-30(2)50)27-40(53)21-32(33-14-16-44(45(24-33)54-3)56-41-12-6-11-39(52)26-41)9-7-18-48-46-25-35(17-19-49-46)43(34-8-5-10-38(51)22-34)23-37-29-47-28-36(37)20-31/h28-29,31-35,38-39,41-46,48-49,51-52H,4-6,8,10-27H2,1-3H3/q+1/p+1. The van der Waals surface area contributed by atoms with Crippen LogP contribution in [0.4, 0.5) is 0 Å². The van der Waals surface area contributed by atoms with Crippen molar-refractivity contribution >= 4 is 18.0 Å². The van der Waals surface area contributed by atoms with E-state index in [2.05, 4.69) is 46.8 Å². The smallest absolute Gasteiger partial charge is 0.302 e. The van der Waals surface area contributed by atoms with Crippen LogP contribution in [0.2, 0.25) is 0 Å². The molecule has 6 rings (SSSR count). The van der Waals surface area contributed by atoms with E-state index >= 15 is 0 Å². The normalized spacial score (nSPS) is 39.4. The first-order valence-corrected chi connectivity index (χ1v) is 22.5. The molecule has 2 bridgehead atoms. The molecule has 13 atom stereocenters. The zero-order valence-corrected chi connectivity index (χ0v) is 34.7. The number of nitrogens with two attached hydrogens (primary N) is 1. The van der Waals surface area contributed by atoms with Crippen LogP contribution in [0.1, 0.15) is 142 Å². The van der Waals surface area contributed by atoms with E-state index in [9.17, 15) is 19.8 Å². The third-order valence-electron chi connectivity index (χ3n) is 14.3. The zero-order valence-electron chi connectivity index (χ0n) is 34.7. The highest BCUT2D eigenvalue weighted by atomic mass is 16.5. The lowest BCUT2D eigenvalue weighted by atomic mass is 9.67. The second-order valence-electron chi connectivity index (χ2n) is 18.3. The lowest BCUT2D eigenvalue weighted by molar-refractivity contribution is -0.705. The van der Waals surface area contributed by atoms with Crippen molar-refractivity contribution in [3.8, 4) is 11.8 Å². The number of Topliss-reactive ketones (excluding diaryl/α,β-unsaturated/α-hetero) is 1. The topological polar surface area (TPSA) is 143 Å². The molecule has 0 amide bonds. The van der Waals surface area contributed by atoms with Crippen molar-refractivity contribution < 1.29 is 39.3 Å². The molecule has 10 heteroatoms. The van der Waals surface area contributed by atoms with Gasteiger partial charge >= 0.3 is 5.97 Å². The Bertz CT molecular complexity index is 1390. The summed E-state index contributed by atoms with van der Waals surface area (Å²) < 4.78 is 18.4. The number of fused-ring (bicyclic) bond motifs is 3. The fourth-order valence-corrected chi connectivity index (χ4v) is 11.2. The number of nitrogens with zero attached hydrogens (tertiary/aromatic N) is 1. The van der Waals surface area contributed by atoms with Crippen molar-refractivity contribution in [2.24, 2.45) is 40.5 Å². The molecule has 3 heterocycles. The van der Waals surface area contributed by atoms with E-state index in [0.717, 1.165) is 96.4 Å². The van der Waals surface area contributed by atoms with Gasteiger partial charge in [0.1, 0.15) is 35.8 Å². The van der Waals surface area contributed by atoms with E-state index in [4.69, 9.17) is 14.2 Å². The van der Waals surface area contributed by atoms with Gasteiger partial charge < -0.3 is 29.7 Å². The molecule has 3 aliphatic heterocycles. The van der Waals surface area contributed by atoms with Gasteiger partial charge in [0.25, 0.3) is 0 Å². The number of aliphatic imine (C=N–C) groups is 1. The third-order valence-corrected chi connectivity index (χ3v) is 14.3. The molecule has 0 aromatic heterocycles. The number of methoxy groups -OCH3 is 1. The second kappa shape index (κ2) is 21.7. The van der Waals surface area contributed by atoms with Crippen molar-refractivity contribution in [3.05, 3.63) is 17.7 Å². The van der Waals surface area contributed by atoms with Crippen molar-refractivity contribution in [2.45, 2.75) is 185 Å². The quantitative estimate of drug-likeness (QED) is 0.149. The molecular weight excluding hydrogens is 707 g/mol. The SMILES string of the molecule is CCC1CCC(OC(C)=O)CC(=O)CC(C2CCC(OC3CCCC(O)C3)C(OC)C2)C#CCNC2CC(CC[NH2+]2)C(C2CCCC(O)C2)CC2=CN=C[C+]2C1. The van der Waals surface area contributed by atoms with E-state index in [1.807, 2.05) is 0 Å². The number of allylic oxidation sites excluding steroid dienone is 1. The van der Waals surface area contributed by atoms with Gasteiger partial charge in [0.05, 0.1) is 43.6 Å². The highest BCUT2D eigenvalue weighted by Crippen LogP contribution is 2.44. The molecule has 56 heavy (non-hydrogen) atoms. The Balaban J connectivity index is 1.20. The number of ketones is 1. The van der Waals surface area contributed by atoms with Gasteiger partial charge in [0, 0.05) is 52.1 Å². The third kappa shape index (κ3) is 12.6. The van der Waals surface area contributed by atoms with Crippen LogP contribution in [0.25, 0.3) is 0 Å². The molecule has 0 aromatic rings. The Morgan fingerprint density at radius 3 is 2.48 bits per heavy atom. The van der Waals surface area contributed by atoms with E-state index in [1.165, 1.54) is 31.3 Å². The lowest BCUT2D eigenvalue weighted by Crippen LogP contribution is -2.95. The minimum absolute atomic E-state index is 0.0278. The number of ether oxygens (including phenoxy) is 3. The highest BCUT2D eigenvalue weighted by molar-refractivity contribution is 5.83. The van der Waals surface area contributed by atoms with Crippen LogP contribution in [0.5, 0.6) is 0 Å². The van der Waals surface area contributed by atoms with Crippen LogP contribution in [0.15, 0.2) is 16.8 Å². The number of aliphatic hydroxyl groups excluding tert-OH is 2. The predicted molar refractivity (Wildman–Crippen MR) is 217 cm³/mol. The van der Waals surface area contributed by atoms with Gasteiger partial charge in [-0.1, -0.05) is 31.6 Å². The second-order valence-corrected chi connectivity index (χ2v) is 18.3. The van der Waals surface area contributed by atoms with Crippen LogP contribution in [-0.4, -0.2) is 91.2 Å². The number of nitrogens with one attached hydrogen (secondary N) is 1. The molecule has 1 saturated heterocycles. The number of hydrogen-bond donors (Lipinski definition) is 4. The maximum atomic E-state index is 13.9. The molecule has 3 saturated carbocycles. The summed E-state index contributed by atoms with van der Waals surface area (Å²) in [6.45, 7) is 5.32. The number of piperidine rings is 1. The Hall–Kier alpha value is -2.26. The Labute approximate surface area is 337 Å². The van der Waals surface area contributed by atoms with Crippen molar-refractivity contribution in [2.75, 3.05) is 20.2 Å². The first-order chi connectivity index (χ1) is 27.2. The van der Waals surface area contributed by atoms with Gasteiger partial charge in [-0.3, -0.25) is 14.9 Å². The molecular formula is C46H73N3O7+2. The van der Waals surface area contributed by atoms with Gasteiger partial charge in [-0.25, -0.2) is 0 Å². The summed E-state index contributed by atoms with van der Waals surface area (Å²) in [5, 5.41) is 27.2. The molecule has 5 N–H and O–H groups in total. The van der Waals surface area contributed by atoms with Gasteiger partial charge in [-0.15, -0.1) is 4.99 Å². The van der Waals surface area contributed by atoms with Crippen LogP contribution in [-0.2, 0) is 23.8 Å². The Morgan fingerprint density at radius 1 is 0.911 bits per heavy atom. The number of esters is 1. The summed E-state index contributed by atoms with van der Waals surface area (Å²) in [7, 11) is 1.76. The van der Waals surface area contributed by atoms with Crippen molar-refractivity contribution in [3.63, 3.8) is 0 Å². The van der Waals surface area contributed by atoms with Gasteiger partial charge in [0.15, 0.2) is 6.20 Å². The van der Waals surface area contributed by atoms with E-state index < -0.39 is 6.10 Å². The van der Waals surface area contributed by atoms with Crippen molar-refractivity contribution in [1.29, 1.82) is 0 Å². The summed E-state index contributed by atoms with van der Waals surface area (Å²) in [6, 6.07) is 0. The molecule has 3 aliphatic carbocycles. The summed E-state index contributed by atoms with van der Waals surface area (Å²) in [5.74, 6) is 10.2. The number of carbonyl (C=O) groups is 2. The fourth-order valence-electron chi connectivity index (χ4n) is 11.2. The molecule has 4 fully saturated rings. The van der Waals surface area contributed by atoms with E-state index in [0.29, 0.717) is 49.5 Å². The molecule has 0 spiro atoms. The Kier molecular flexibility index (Phi) is 16.8. The average molecular weight is 780 g/mol. The van der Waals surface area contributed by atoms with Crippen LogP contribution >= 0.6 is 0 Å². The molecule has 10 nitrogen and oxygen atoms in total. The van der Waals surface area contributed by atoms with Gasteiger partial charge in [-0.05, 0) is 113 Å². The molecule has 0 radical (unpaired) electrons. The molecule has 312 valence electrons. The maximum Gasteiger partial charge on any atom is 0.302 e. The number of aliphatic hydroxyl groups is 2. The van der Waals surface area contributed by atoms with Gasteiger partial charge in [0.2, 0.25) is 0 Å². The maximum absolute atomic E-state index is 13.9. The highest BCUT2D eigenvalue weighted by Gasteiger charge is 2.42. The largest absolute Gasteiger partial charge is 0.462 e. The van der Waals surface area contributed by atoms with Crippen LogP contribution in [0.3, 0.4) is 0 Å². The summed E-state index contributed by atoms with van der Waals surface area (Å²) in [6.07, 6.45) is 20.8. The first kappa shape index (κ1) is 43.3. The molecule has 6 aliphatic rings. The number of carbonyl (C=O) groups excluding carboxylic acids is 2. The Morgan fingerprint density at radius 2 is 1.71 bits per heavy atom. The van der Waals surface area contributed by atoms with E-state index in [1.54, 1.807) is 7.11 Å². The summed E-state index contributed by atoms with van der Waals surface area (Å²) in [5.41, 5.74) is 1.36. The summed E-state index contributed by atoms with van der Waals surface area (Å²) >= 11 is 0. The number of rotatable bonds is 7. The van der Waals surface area contributed by atoms with Crippen molar-refractivity contribution in [1.82, 2.24) is 5.32 Å². The summed E-state index contributed by atoms with van der Waals surface area (Å²) in [4.78, 5) is 30.9. The average Bonchev–Trinajstić information content (AvgIpc) is 3.62. The number of quaternary nitrogens is 1. The lowest BCUT2D eigenvalue weighted by Gasteiger charge is -2.40.